The number of hydrogen-bond donors (Lipinski definition) is 2. The van der Waals surface area contributed by atoms with Gasteiger partial charge in [0.1, 0.15) is 5.82 Å². The minimum atomic E-state index is -0.156. The molecular weight excluding hydrogens is 366 g/mol. The van der Waals surface area contributed by atoms with Crippen molar-refractivity contribution in [1.82, 2.24) is 5.32 Å². The number of benzene rings is 1. The monoisotopic (exact) mass is 388 g/mol. The molecule has 1 aliphatic carbocycles. The fourth-order valence-corrected chi connectivity index (χ4v) is 4.33. The Morgan fingerprint density at radius 1 is 1.15 bits per heavy atom. The van der Waals surface area contributed by atoms with Crippen LogP contribution in [0.2, 0.25) is 0 Å². The zero-order chi connectivity index (χ0) is 13.9. The van der Waals surface area contributed by atoms with Crippen LogP contribution in [0.1, 0.15) is 38.5 Å². The van der Waals surface area contributed by atoms with Crippen LogP contribution in [0.25, 0.3) is 0 Å². The molecule has 1 aliphatic heterocycles. The quantitative estimate of drug-likeness (QED) is 0.761. The molecule has 1 aromatic carbocycles. The van der Waals surface area contributed by atoms with Crippen LogP contribution in [0.4, 0.5) is 10.1 Å². The number of piperidine rings is 1. The van der Waals surface area contributed by atoms with Crippen LogP contribution in [0.3, 0.4) is 0 Å². The van der Waals surface area contributed by atoms with E-state index in [4.69, 9.17) is 0 Å². The summed E-state index contributed by atoms with van der Waals surface area (Å²) >= 11 is 2.22. The van der Waals surface area contributed by atoms with Crippen molar-refractivity contribution < 1.29 is 4.39 Å². The predicted molar refractivity (Wildman–Crippen MR) is 89.5 cm³/mol. The van der Waals surface area contributed by atoms with Crippen molar-refractivity contribution in [2.45, 2.75) is 50.6 Å². The first kappa shape index (κ1) is 14.6. The maximum absolute atomic E-state index is 13.2. The Balaban J connectivity index is 1.68. The topological polar surface area (TPSA) is 24.1 Å². The average Bonchev–Trinajstić information content (AvgIpc) is 2.91. The molecule has 110 valence electrons. The van der Waals surface area contributed by atoms with E-state index < -0.39 is 0 Å². The van der Waals surface area contributed by atoms with Crippen molar-refractivity contribution in [2.75, 3.05) is 11.9 Å². The van der Waals surface area contributed by atoms with Crippen molar-refractivity contribution in [1.29, 1.82) is 0 Å². The first-order chi connectivity index (χ1) is 9.74. The summed E-state index contributed by atoms with van der Waals surface area (Å²) in [7, 11) is 0. The van der Waals surface area contributed by atoms with Crippen molar-refractivity contribution in [3.63, 3.8) is 0 Å². The first-order valence-electron chi connectivity index (χ1n) is 7.69. The maximum Gasteiger partial charge on any atom is 0.124 e. The van der Waals surface area contributed by atoms with Crippen LogP contribution in [-0.4, -0.2) is 18.6 Å². The fourth-order valence-electron chi connectivity index (χ4n) is 3.70. The molecule has 1 saturated carbocycles. The third kappa shape index (κ3) is 3.27. The standard InChI is InChI=1S/C16H22FIN2/c17-11-7-8-16(13(18)10-11)20-15-6-3-4-12(15)14-5-1-2-9-19-14/h7-8,10,12,14-15,19-20H,1-6,9H2. The second kappa shape index (κ2) is 6.60. The number of rotatable bonds is 3. The molecule has 20 heavy (non-hydrogen) atoms. The zero-order valence-corrected chi connectivity index (χ0v) is 13.8. The Morgan fingerprint density at radius 3 is 2.80 bits per heavy atom. The van der Waals surface area contributed by atoms with Gasteiger partial charge in [0.15, 0.2) is 0 Å². The van der Waals surface area contributed by atoms with Gasteiger partial charge in [-0.05, 0) is 78.9 Å². The molecule has 1 aromatic rings. The van der Waals surface area contributed by atoms with Crippen LogP contribution >= 0.6 is 22.6 Å². The summed E-state index contributed by atoms with van der Waals surface area (Å²) in [6.45, 7) is 1.17. The third-order valence-electron chi connectivity index (χ3n) is 4.71. The molecule has 2 nitrogen and oxygen atoms in total. The van der Waals surface area contributed by atoms with Gasteiger partial charge in [0.25, 0.3) is 0 Å². The SMILES string of the molecule is Fc1ccc(NC2CCCC2C2CCCCN2)c(I)c1. The highest BCUT2D eigenvalue weighted by Crippen LogP contribution is 2.34. The minimum Gasteiger partial charge on any atom is -0.381 e. The first-order valence-corrected chi connectivity index (χ1v) is 8.77. The van der Waals surface area contributed by atoms with Gasteiger partial charge in [-0.1, -0.05) is 12.8 Å². The number of hydrogen-bond acceptors (Lipinski definition) is 2. The molecule has 0 aromatic heterocycles. The lowest BCUT2D eigenvalue weighted by Gasteiger charge is -2.33. The highest BCUT2D eigenvalue weighted by Gasteiger charge is 2.34. The summed E-state index contributed by atoms with van der Waals surface area (Å²) in [4.78, 5) is 0. The molecule has 0 bridgehead atoms. The van der Waals surface area contributed by atoms with E-state index in [2.05, 4.69) is 33.2 Å². The molecule has 1 heterocycles. The van der Waals surface area contributed by atoms with Gasteiger partial charge in [-0.2, -0.15) is 0 Å². The van der Waals surface area contributed by atoms with Crippen LogP contribution < -0.4 is 10.6 Å². The van der Waals surface area contributed by atoms with E-state index >= 15 is 0 Å². The molecule has 0 spiro atoms. The lowest BCUT2D eigenvalue weighted by atomic mass is 9.88. The summed E-state index contributed by atoms with van der Waals surface area (Å²) in [5.74, 6) is 0.563. The second-order valence-electron chi connectivity index (χ2n) is 6.03. The number of halogens is 2. The van der Waals surface area contributed by atoms with E-state index in [1.54, 1.807) is 12.1 Å². The van der Waals surface area contributed by atoms with E-state index in [1.165, 1.54) is 45.1 Å². The van der Waals surface area contributed by atoms with Crippen LogP contribution in [0.5, 0.6) is 0 Å². The largest absolute Gasteiger partial charge is 0.381 e. The summed E-state index contributed by atoms with van der Waals surface area (Å²) in [5, 5.41) is 7.37. The fraction of sp³-hybridized carbons (Fsp3) is 0.625. The lowest BCUT2D eigenvalue weighted by molar-refractivity contribution is 0.286. The molecule has 2 N–H and O–H groups in total. The highest BCUT2D eigenvalue weighted by atomic mass is 127. The summed E-state index contributed by atoms with van der Waals surface area (Å²) in [6, 6.07) is 6.23. The van der Waals surface area contributed by atoms with Crippen LogP contribution in [0, 0.1) is 15.3 Å². The lowest BCUT2D eigenvalue weighted by Crippen LogP contribution is -2.44. The maximum atomic E-state index is 13.2. The van der Waals surface area contributed by atoms with E-state index in [9.17, 15) is 4.39 Å². The molecule has 0 amide bonds. The Bertz CT molecular complexity index is 460. The molecular formula is C16H22FIN2. The van der Waals surface area contributed by atoms with Crippen LogP contribution in [0.15, 0.2) is 18.2 Å². The molecule has 3 atom stereocenters. The van der Waals surface area contributed by atoms with Gasteiger partial charge in [-0.25, -0.2) is 4.39 Å². The van der Waals surface area contributed by atoms with Crippen molar-refractivity contribution >= 4 is 28.3 Å². The van der Waals surface area contributed by atoms with E-state index in [0.29, 0.717) is 12.1 Å². The van der Waals surface area contributed by atoms with Gasteiger partial charge in [0, 0.05) is 21.3 Å². The summed E-state index contributed by atoms with van der Waals surface area (Å²) < 4.78 is 14.2. The predicted octanol–water partition coefficient (Wildman–Crippen LogP) is 4.15. The highest BCUT2D eigenvalue weighted by molar-refractivity contribution is 14.1. The van der Waals surface area contributed by atoms with Gasteiger partial charge >= 0.3 is 0 Å². The molecule has 3 unspecified atom stereocenters. The van der Waals surface area contributed by atoms with Gasteiger partial charge in [0.05, 0.1) is 0 Å². The van der Waals surface area contributed by atoms with Crippen LogP contribution in [-0.2, 0) is 0 Å². The zero-order valence-electron chi connectivity index (χ0n) is 11.7. The molecule has 4 heteroatoms. The van der Waals surface area contributed by atoms with Gasteiger partial charge in [-0.3, -0.25) is 0 Å². The van der Waals surface area contributed by atoms with E-state index in [-0.39, 0.29) is 5.82 Å². The van der Waals surface area contributed by atoms with Crippen molar-refractivity contribution in [2.24, 2.45) is 5.92 Å². The van der Waals surface area contributed by atoms with Gasteiger partial charge in [0.2, 0.25) is 0 Å². The Labute approximate surface area is 134 Å². The smallest absolute Gasteiger partial charge is 0.124 e. The second-order valence-corrected chi connectivity index (χ2v) is 7.19. The average molecular weight is 388 g/mol. The number of nitrogens with one attached hydrogen (secondary N) is 2. The van der Waals surface area contributed by atoms with Crippen molar-refractivity contribution in [3.05, 3.63) is 27.6 Å². The van der Waals surface area contributed by atoms with E-state index in [0.717, 1.165) is 15.2 Å². The molecule has 2 aliphatic rings. The Kier molecular flexibility index (Phi) is 4.81. The summed E-state index contributed by atoms with van der Waals surface area (Å²) in [5.41, 5.74) is 1.08. The van der Waals surface area contributed by atoms with Gasteiger partial charge in [-0.15, -0.1) is 0 Å². The third-order valence-corrected chi connectivity index (χ3v) is 5.60. The Morgan fingerprint density at radius 2 is 2.05 bits per heavy atom. The van der Waals surface area contributed by atoms with Crippen molar-refractivity contribution in [3.8, 4) is 0 Å². The molecule has 1 saturated heterocycles. The molecule has 0 radical (unpaired) electrons. The molecule has 3 rings (SSSR count). The minimum absolute atomic E-state index is 0.156. The number of anilines is 1. The van der Waals surface area contributed by atoms with Gasteiger partial charge < -0.3 is 10.6 Å². The molecule has 2 fully saturated rings. The Hall–Kier alpha value is -0.360. The summed E-state index contributed by atoms with van der Waals surface area (Å²) in [6.07, 6.45) is 7.83. The normalized spacial score (nSPS) is 30.4. The van der Waals surface area contributed by atoms with E-state index in [1.807, 2.05) is 6.07 Å².